The molecule has 1 radical (unpaired) electrons. The first-order valence-electron chi connectivity index (χ1n) is 2.71. The SMILES string of the molecule is Cc1[c]cc(Cl)nc1C. The van der Waals surface area contributed by atoms with Crippen molar-refractivity contribution in [1.29, 1.82) is 0 Å². The molecule has 0 atom stereocenters. The van der Waals surface area contributed by atoms with Gasteiger partial charge in [-0.25, -0.2) is 4.98 Å². The summed E-state index contributed by atoms with van der Waals surface area (Å²) in [5.74, 6) is 0. The number of halogens is 1. The van der Waals surface area contributed by atoms with E-state index in [4.69, 9.17) is 11.6 Å². The molecule has 0 saturated heterocycles. The summed E-state index contributed by atoms with van der Waals surface area (Å²) in [6, 6.07) is 4.64. The molecule has 0 unspecified atom stereocenters. The van der Waals surface area contributed by atoms with Gasteiger partial charge in [-0.05, 0) is 31.5 Å². The van der Waals surface area contributed by atoms with Gasteiger partial charge in [-0.1, -0.05) is 11.6 Å². The fourth-order valence-corrected chi connectivity index (χ4v) is 0.730. The summed E-state index contributed by atoms with van der Waals surface area (Å²) < 4.78 is 0. The van der Waals surface area contributed by atoms with Gasteiger partial charge in [-0.2, -0.15) is 0 Å². The third kappa shape index (κ3) is 1.42. The van der Waals surface area contributed by atoms with Gasteiger partial charge in [0, 0.05) is 5.69 Å². The van der Waals surface area contributed by atoms with Gasteiger partial charge < -0.3 is 0 Å². The maximum atomic E-state index is 5.57. The number of hydrogen-bond acceptors (Lipinski definition) is 1. The highest BCUT2D eigenvalue weighted by atomic mass is 35.5. The Balaban J connectivity index is 3.17. The zero-order chi connectivity index (χ0) is 6.85. The molecule has 0 saturated carbocycles. The van der Waals surface area contributed by atoms with E-state index in [0.29, 0.717) is 5.15 Å². The van der Waals surface area contributed by atoms with Crippen molar-refractivity contribution in [1.82, 2.24) is 4.98 Å². The Hall–Kier alpha value is -0.560. The largest absolute Gasteiger partial charge is 0.241 e. The number of pyridine rings is 1. The lowest BCUT2D eigenvalue weighted by molar-refractivity contribution is 1.15. The number of aromatic nitrogens is 1. The zero-order valence-electron chi connectivity index (χ0n) is 5.40. The van der Waals surface area contributed by atoms with Gasteiger partial charge in [0.2, 0.25) is 0 Å². The van der Waals surface area contributed by atoms with E-state index in [2.05, 4.69) is 11.1 Å². The van der Waals surface area contributed by atoms with Crippen LogP contribution in [0.4, 0.5) is 0 Å². The van der Waals surface area contributed by atoms with Crippen LogP contribution in [0.25, 0.3) is 0 Å². The molecule has 47 valence electrons. The van der Waals surface area contributed by atoms with Crippen LogP contribution < -0.4 is 0 Å². The van der Waals surface area contributed by atoms with E-state index in [1.165, 1.54) is 0 Å². The van der Waals surface area contributed by atoms with E-state index >= 15 is 0 Å². The van der Waals surface area contributed by atoms with Crippen LogP contribution in [-0.4, -0.2) is 4.98 Å². The molecule has 2 heteroatoms. The Labute approximate surface area is 59.7 Å². The molecule has 1 aromatic heterocycles. The molecule has 0 amide bonds. The van der Waals surface area contributed by atoms with Crippen molar-refractivity contribution < 1.29 is 0 Å². The van der Waals surface area contributed by atoms with Crippen LogP contribution in [0.1, 0.15) is 11.3 Å². The van der Waals surface area contributed by atoms with Gasteiger partial charge in [0.25, 0.3) is 0 Å². The highest BCUT2D eigenvalue weighted by Gasteiger charge is 1.92. The summed E-state index contributed by atoms with van der Waals surface area (Å²) in [5.41, 5.74) is 2.00. The lowest BCUT2D eigenvalue weighted by Gasteiger charge is -1.95. The number of hydrogen-bond donors (Lipinski definition) is 0. The minimum Gasteiger partial charge on any atom is -0.241 e. The molecule has 0 spiro atoms. The fourth-order valence-electron chi connectivity index (χ4n) is 0.549. The summed E-state index contributed by atoms with van der Waals surface area (Å²) in [5, 5.41) is 0.512. The van der Waals surface area contributed by atoms with Crippen molar-refractivity contribution in [2.45, 2.75) is 13.8 Å². The van der Waals surface area contributed by atoms with Crippen molar-refractivity contribution in [3.8, 4) is 0 Å². The van der Waals surface area contributed by atoms with Crippen LogP contribution in [0.5, 0.6) is 0 Å². The first kappa shape index (κ1) is 6.56. The fraction of sp³-hybridized carbons (Fsp3) is 0.286. The molecular weight excluding hydrogens is 134 g/mol. The predicted octanol–water partition coefficient (Wildman–Crippen LogP) is 2.15. The molecule has 1 aromatic rings. The molecule has 1 nitrogen and oxygen atoms in total. The Morgan fingerprint density at radius 2 is 2.22 bits per heavy atom. The van der Waals surface area contributed by atoms with E-state index in [1.807, 2.05) is 13.8 Å². The molecular formula is C7H7ClN. The van der Waals surface area contributed by atoms with Gasteiger partial charge in [0.15, 0.2) is 0 Å². The smallest absolute Gasteiger partial charge is 0.129 e. The summed E-state index contributed by atoms with van der Waals surface area (Å²) in [6.45, 7) is 3.87. The number of aryl methyl sites for hydroxylation is 2. The van der Waals surface area contributed by atoms with Gasteiger partial charge in [-0.15, -0.1) is 0 Å². The quantitative estimate of drug-likeness (QED) is 0.504. The lowest BCUT2D eigenvalue weighted by atomic mass is 10.2. The van der Waals surface area contributed by atoms with Crippen LogP contribution >= 0.6 is 11.6 Å². The monoisotopic (exact) mass is 140 g/mol. The van der Waals surface area contributed by atoms with E-state index in [0.717, 1.165) is 11.3 Å². The van der Waals surface area contributed by atoms with Crippen LogP contribution in [0.2, 0.25) is 5.15 Å². The highest BCUT2D eigenvalue weighted by Crippen LogP contribution is 2.07. The molecule has 1 heterocycles. The van der Waals surface area contributed by atoms with E-state index < -0.39 is 0 Å². The van der Waals surface area contributed by atoms with E-state index in [1.54, 1.807) is 6.07 Å². The molecule has 9 heavy (non-hydrogen) atoms. The predicted molar refractivity (Wildman–Crippen MR) is 37.6 cm³/mol. The second kappa shape index (κ2) is 2.36. The molecule has 0 aliphatic heterocycles. The second-order valence-corrected chi connectivity index (χ2v) is 2.32. The summed E-state index contributed by atoms with van der Waals surface area (Å²) in [6.07, 6.45) is 0. The summed E-state index contributed by atoms with van der Waals surface area (Å²) >= 11 is 5.57. The summed E-state index contributed by atoms with van der Waals surface area (Å²) in [7, 11) is 0. The average molecular weight is 141 g/mol. The van der Waals surface area contributed by atoms with E-state index in [9.17, 15) is 0 Å². The average Bonchev–Trinajstić information content (AvgIpc) is 1.80. The lowest BCUT2D eigenvalue weighted by Crippen LogP contribution is -1.85. The standard InChI is InChI=1S/C7H7ClN/c1-5-3-4-7(8)9-6(5)2/h4H,1-2H3. The van der Waals surface area contributed by atoms with Crippen LogP contribution in [0.3, 0.4) is 0 Å². The van der Waals surface area contributed by atoms with Crippen molar-refractivity contribution in [3.63, 3.8) is 0 Å². The molecule has 0 fully saturated rings. The van der Waals surface area contributed by atoms with Crippen LogP contribution in [0, 0.1) is 19.9 Å². The minimum atomic E-state index is 0.512. The Bertz CT molecular complexity index is 220. The second-order valence-electron chi connectivity index (χ2n) is 1.93. The van der Waals surface area contributed by atoms with Crippen molar-refractivity contribution in [2.24, 2.45) is 0 Å². The third-order valence-electron chi connectivity index (χ3n) is 1.22. The number of nitrogens with zero attached hydrogens (tertiary/aromatic N) is 1. The molecule has 0 aliphatic rings. The highest BCUT2D eigenvalue weighted by molar-refractivity contribution is 6.29. The van der Waals surface area contributed by atoms with Gasteiger partial charge >= 0.3 is 0 Å². The Morgan fingerprint density at radius 1 is 1.56 bits per heavy atom. The van der Waals surface area contributed by atoms with Crippen LogP contribution in [0.15, 0.2) is 6.07 Å². The van der Waals surface area contributed by atoms with Gasteiger partial charge in [0.05, 0.1) is 0 Å². The van der Waals surface area contributed by atoms with Crippen molar-refractivity contribution >= 4 is 11.6 Å². The van der Waals surface area contributed by atoms with Crippen LogP contribution in [-0.2, 0) is 0 Å². The molecule has 1 rings (SSSR count). The molecule has 0 bridgehead atoms. The zero-order valence-corrected chi connectivity index (χ0v) is 6.16. The maximum absolute atomic E-state index is 5.57. The van der Waals surface area contributed by atoms with Gasteiger partial charge in [-0.3, -0.25) is 0 Å². The molecule has 0 N–H and O–H groups in total. The Kier molecular flexibility index (Phi) is 1.72. The third-order valence-corrected chi connectivity index (χ3v) is 1.42. The summed E-state index contributed by atoms with van der Waals surface area (Å²) in [4.78, 5) is 4.01. The first-order chi connectivity index (χ1) is 4.20. The normalized spacial score (nSPS) is 9.67. The van der Waals surface area contributed by atoms with E-state index in [-0.39, 0.29) is 0 Å². The van der Waals surface area contributed by atoms with Crippen molar-refractivity contribution in [2.75, 3.05) is 0 Å². The molecule has 0 aromatic carbocycles. The van der Waals surface area contributed by atoms with Gasteiger partial charge in [0.1, 0.15) is 5.15 Å². The topological polar surface area (TPSA) is 12.9 Å². The number of rotatable bonds is 0. The Morgan fingerprint density at radius 3 is 2.67 bits per heavy atom. The van der Waals surface area contributed by atoms with Crippen molar-refractivity contribution in [3.05, 3.63) is 28.5 Å². The maximum Gasteiger partial charge on any atom is 0.129 e. The molecule has 0 aliphatic carbocycles. The minimum absolute atomic E-state index is 0.512. The first-order valence-corrected chi connectivity index (χ1v) is 3.09.